The highest BCUT2D eigenvalue weighted by Crippen LogP contribution is 2.37. The van der Waals surface area contributed by atoms with Gasteiger partial charge in [0.15, 0.2) is 0 Å². The molecule has 0 unspecified atom stereocenters. The molecular weight excluding hydrogens is 466 g/mol. The lowest BCUT2D eigenvalue weighted by molar-refractivity contribution is -0.138. The minimum Gasteiger partial charge on any atom is -0.384 e. The van der Waals surface area contributed by atoms with Crippen LogP contribution in [0.3, 0.4) is 0 Å². The van der Waals surface area contributed by atoms with Crippen LogP contribution in [0.2, 0.25) is 0 Å². The number of pyridine rings is 1. The van der Waals surface area contributed by atoms with E-state index in [9.17, 15) is 27.2 Å². The largest absolute Gasteiger partial charge is 0.417 e. The Morgan fingerprint density at radius 3 is 2.71 bits per heavy atom. The van der Waals surface area contributed by atoms with Crippen molar-refractivity contribution in [3.05, 3.63) is 64.6 Å². The van der Waals surface area contributed by atoms with Crippen molar-refractivity contribution in [1.82, 2.24) is 20.9 Å². The number of nitrogens with one attached hydrogen (secondary N) is 3. The number of amides is 2. The minimum absolute atomic E-state index is 0.168. The third-order valence-corrected chi connectivity index (χ3v) is 6.19. The minimum atomic E-state index is -4.74. The third kappa shape index (κ3) is 5.45. The second-order valence-electron chi connectivity index (χ2n) is 8.66. The van der Waals surface area contributed by atoms with Gasteiger partial charge in [0.25, 0.3) is 0 Å². The number of nitrogen functional groups attached to an aromatic ring is 1. The zero-order chi connectivity index (χ0) is 25.3. The lowest BCUT2D eigenvalue weighted by Crippen LogP contribution is -2.52. The van der Waals surface area contributed by atoms with E-state index in [4.69, 9.17) is 5.73 Å². The highest BCUT2D eigenvalue weighted by molar-refractivity contribution is 5.92. The summed E-state index contributed by atoms with van der Waals surface area (Å²) in [6.07, 6.45) is -1.79. The fraction of sp³-hybridized carbons (Fsp3) is 0.375. The van der Waals surface area contributed by atoms with Crippen molar-refractivity contribution >= 4 is 23.2 Å². The third-order valence-electron chi connectivity index (χ3n) is 6.19. The highest BCUT2D eigenvalue weighted by atomic mass is 19.4. The summed E-state index contributed by atoms with van der Waals surface area (Å²) in [5, 5.41) is 8.43. The van der Waals surface area contributed by atoms with Gasteiger partial charge >= 0.3 is 6.18 Å². The van der Waals surface area contributed by atoms with Crippen LogP contribution in [0.25, 0.3) is 5.57 Å². The molecule has 0 bridgehead atoms. The van der Waals surface area contributed by atoms with Crippen molar-refractivity contribution in [3.63, 3.8) is 0 Å². The van der Waals surface area contributed by atoms with E-state index in [1.54, 1.807) is 6.07 Å². The molecule has 5 N–H and O–H groups in total. The molecule has 0 spiro atoms. The lowest BCUT2D eigenvalue weighted by atomic mass is 9.92. The fourth-order valence-corrected chi connectivity index (χ4v) is 4.43. The maximum Gasteiger partial charge on any atom is 0.417 e. The van der Waals surface area contributed by atoms with E-state index in [-0.39, 0.29) is 30.1 Å². The monoisotopic (exact) mass is 491 g/mol. The molecule has 4 rings (SSSR count). The molecule has 1 aromatic carbocycles. The predicted molar refractivity (Wildman–Crippen MR) is 121 cm³/mol. The van der Waals surface area contributed by atoms with E-state index in [1.165, 1.54) is 13.0 Å². The average molecular weight is 491 g/mol. The first kappa shape index (κ1) is 24.6. The Bertz CT molecular complexity index is 1180. The molecule has 1 aromatic heterocycles. The number of carbonyl (C=O) groups excluding carboxylic acids is 2. The van der Waals surface area contributed by atoms with E-state index in [1.807, 2.05) is 6.07 Å². The average Bonchev–Trinajstić information content (AvgIpc) is 3.20. The first-order valence-electron chi connectivity index (χ1n) is 11.2. The van der Waals surface area contributed by atoms with Gasteiger partial charge in [0.2, 0.25) is 11.8 Å². The number of anilines is 1. The molecule has 2 aliphatic rings. The first-order chi connectivity index (χ1) is 16.5. The zero-order valence-electron chi connectivity index (χ0n) is 18.9. The highest BCUT2D eigenvalue weighted by Gasteiger charge is 2.35. The van der Waals surface area contributed by atoms with Crippen LogP contribution in [-0.4, -0.2) is 35.4 Å². The maximum atomic E-state index is 13.5. The summed E-state index contributed by atoms with van der Waals surface area (Å²) in [6.45, 7) is 1.77. The SMILES string of the molecule is C[C@H](NC(=O)[C@@H]1C=C(c2ccc(F)cc2C(F)(F)F)CCN1)C(=O)N[C@@H]1CCc2nc(N)ccc21. The Balaban J connectivity index is 1.43. The van der Waals surface area contributed by atoms with Gasteiger partial charge < -0.3 is 21.7 Å². The van der Waals surface area contributed by atoms with Gasteiger partial charge in [-0.1, -0.05) is 18.2 Å². The number of halogens is 4. The van der Waals surface area contributed by atoms with E-state index >= 15 is 0 Å². The van der Waals surface area contributed by atoms with Gasteiger partial charge in [-0.05, 0) is 61.1 Å². The van der Waals surface area contributed by atoms with Crippen LogP contribution < -0.4 is 21.7 Å². The van der Waals surface area contributed by atoms with Crippen LogP contribution in [0.4, 0.5) is 23.4 Å². The van der Waals surface area contributed by atoms with Gasteiger partial charge in [0, 0.05) is 12.2 Å². The van der Waals surface area contributed by atoms with Gasteiger partial charge in [-0.2, -0.15) is 13.2 Å². The van der Waals surface area contributed by atoms with Crippen LogP contribution in [0.5, 0.6) is 0 Å². The number of benzene rings is 1. The molecule has 0 fully saturated rings. The second-order valence-corrected chi connectivity index (χ2v) is 8.66. The number of rotatable bonds is 5. The number of hydrogen-bond acceptors (Lipinski definition) is 5. The zero-order valence-corrected chi connectivity index (χ0v) is 18.9. The Kier molecular flexibility index (Phi) is 6.79. The first-order valence-corrected chi connectivity index (χ1v) is 11.2. The van der Waals surface area contributed by atoms with Crippen LogP contribution >= 0.6 is 0 Å². The molecule has 2 aromatic rings. The number of aromatic nitrogens is 1. The van der Waals surface area contributed by atoms with E-state index in [2.05, 4.69) is 20.9 Å². The molecule has 0 radical (unpaired) electrons. The molecule has 1 aliphatic carbocycles. The van der Waals surface area contributed by atoms with E-state index < -0.39 is 41.5 Å². The van der Waals surface area contributed by atoms with Crippen LogP contribution in [0, 0.1) is 5.82 Å². The molecule has 2 amide bonds. The number of alkyl halides is 3. The van der Waals surface area contributed by atoms with Crippen LogP contribution in [-0.2, 0) is 22.2 Å². The topological polar surface area (TPSA) is 109 Å². The summed E-state index contributed by atoms with van der Waals surface area (Å²) in [5.74, 6) is -1.53. The Labute approximate surface area is 199 Å². The summed E-state index contributed by atoms with van der Waals surface area (Å²) in [5.41, 5.74) is 6.44. The standard InChI is InChI=1S/C24H25F4N5O2/c1-12(22(34)33-19-6-5-18-16(19)4-7-21(29)32-18)31-23(35)20-10-13(8-9-30-20)15-3-2-14(25)11-17(15)24(26,27)28/h2-4,7,10-12,19-20,30H,5-6,8-9H2,1H3,(H2,29,32)(H,31,35)(H,33,34)/t12-,19+,20-/m0/s1. The second kappa shape index (κ2) is 9.65. The predicted octanol–water partition coefficient (Wildman–Crippen LogP) is 2.88. The number of aryl methyl sites for hydroxylation is 1. The van der Waals surface area contributed by atoms with E-state index in [0.29, 0.717) is 24.7 Å². The molecule has 3 atom stereocenters. The molecule has 35 heavy (non-hydrogen) atoms. The van der Waals surface area contributed by atoms with Gasteiger partial charge in [-0.25, -0.2) is 9.37 Å². The number of nitrogens with two attached hydrogens (primary N) is 1. The van der Waals surface area contributed by atoms with Crippen LogP contribution in [0.15, 0.2) is 36.4 Å². The molecule has 7 nitrogen and oxygen atoms in total. The summed E-state index contributed by atoms with van der Waals surface area (Å²) >= 11 is 0. The summed E-state index contributed by atoms with van der Waals surface area (Å²) < 4.78 is 53.8. The van der Waals surface area contributed by atoms with Gasteiger partial charge in [-0.15, -0.1) is 0 Å². The molecule has 186 valence electrons. The lowest BCUT2D eigenvalue weighted by Gasteiger charge is -2.26. The Morgan fingerprint density at radius 2 is 1.97 bits per heavy atom. The van der Waals surface area contributed by atoms with Gasteiger partial charge in [-0.3, -0.25) is 9.59 Å². The Hall–Kier alpha value is -3.47. The molecule has 0 saturated heterocycles. The normalized spacial score (nSPS) is 20.5. The van der Waals surface area contributed by atoms with Gasteiger partial charge in [0.05, 0.1) is 11.6 Å². The van der Waals surface area contributed by atoms with Crippen molar-refractivity contribution in [2.24, 2.45) is 0 Å². The smallest absolute Gasteiger partial charge is 0.384 e. The number of carbonyl (C=O) groups is 2. The van der Waals surface area contributed by atoms with Crippen molar-refractivity contribution in [3.8, 4) is 0 Å². The summed E-state index contributed by atoms with van der Waals surface area (Å²) in [4.78, 5) is 29.8. The number of fused-ring (bicyclic) bond motifs is 1. The summed E-state index contributed by atoms with van der Waals surface area (Å²) in [6, 6.07) is 3.89. The number of hydrogen-bond donors (Lipinski definition) is 4. The quantitative estimate of drug-likeness (QED) is 0.481. The van der Waals surface area contributed by atoms with E-state index in [0.717, 1.165) is 23.4 Å². The van der Waals surface area contributed by atoms with Crippen molar-refractivity contribution in [2.75, 3.05) is 12.3 Å². The summed E-state index contributed by atoms with van der Waals surface area (Å²) in [7, 11) is 0. The molecule has 2 heterocycles. The van der Waals surface area contributed by atoms with Crippen molar-refractivity contribution in [1.29, 1.82) is 0 Å². The fourth-order valence-electron chi connectivity index (χ4n) is 4.43. The van der Waals surface area contributed by atoms with Crippen LogP contribution in [0.1, 0.15) is 48.2 Å². The number of nitrogens with zero attached hydrogens (tertiary/aromatic N) is 1. The molecular formula is C24H25F4N5O2. The maximum absolute atomic E-state index is 13.5. The Morgan fingerprint density at radius 1 is 1.20 bits per heavy atom. The molecule has 11 heteroatoms. The van der Waals surface area contributed by atoms with Gasteiger partial charge in [0.1, 0.15) is 23.7 Å². The van der Waals surface area contributed by atoms with Crippen molar-refractivity contribution < 1.29 is 27.2 Å². The molecule has 0 saturated carbocycles. The van der Waals surface area contributed by atoms with Crippen molar-refractivity contribution in [2.45, 2.75) is 50.5 Å². The molecule has 1 aliphatic heterocycles.